The number of nitrogens with zero attached hydrogens (tertiary/aromatic N) is 8. The minimum Gasteiger partial charge on any atom is -0.388 e. The summed E-state index contributed by atoms with van der Waals surface area (Å²) in [7, 11) is -4.26. The Hall–Kier alpha value is -3.26. The van der Waals surface area contributed by atoms with Gasteiger partial charge in [0.1, 0.15) is 12.4 Å². The summed E-state index contributed by atoms with van der Waals surface area (Å²) in [4.78, 5) is 38.8. The Bertz CT molecular complexity index is 1230. The molecule has 1 saturated heterocycles. The fourth-order valence-corrected chi connectivity index (χ4v) is 4.20. The zero-order valence-electron chi connectivity index (χ0n) is 15.7. The van der Waals surface area contributed by atoms with E-state index in [0.29, 0.717) is 0 Å². The van der Waals surface area contributed by atoms with Gasteiger partial charge in [0.25, 0.3) is 5.56 Å². The van der Waals surface area contributed by atoms with E-state index in [2.05, 4.69) is 30.0 Å². The van der Waals surface area contributed by atoms with E-state index >= 15 is 0 Å². The highest BCUT2D eigenvalue weighted by molar-refractivity contribution is 7.51. The summed E-state index contributed by atoms with van der Waals surface area (Å²) in [6.07, 6.45) is 1.66. The van der Waals surface area contributed by atoms with Crippen molar-refractivity contribution in [2.75, 3.05) is 18.9 Å². The van der Waals surface area contributed by atoms with Gasteiger partial charge in [-0.15, -0.1) is 0 Å². The molecule has 5 N–H and O–H groups in total. The zero-order valence-corrected chi connectivity index (χ0v) is 16.6. The Morgan fingerprint density at radius 2 is 2.29 bits per heavy atom. The average molecular weight is 452 g/mol. The Morgan fingerprint density at radius 1 is 1.48 bits per heavy atom. The summed E-state index contributed by atoms with van der Waals surface area (Å²) >= 11 is 0. The summed E-state index contributed by atoms with van der Waals surface area (Å²) in [6.45, 7) is -0.584. The van der Waals surface area contributed by atoms with Gasteiger partial charge in [0.2, 0.25) is 5.95 Å². The van der Waals surface area contributed by atoms with E-state index in [9.17, 15) is 19.4 Å². The van der Waals surface area contributed by atoms with Crippen molar-refractivity contribution in [1.29, 1.82) is 0 Å². The minimum atomic E-state index is -4.26. The zero-order chi connectivity index (χ0) is 22.2. The van der Waals surface area contributed by atoms with Crippen LogP contribution < -0.4 is 11.3 Å². The first-order valence-corrected chi connectivity index (χ1v) is 10.4. The van der Waals surface area contributed by atoms with Crippen LogP contribution in [0.2, 0.25) is 0 Å². The Kier molecular flexibility index (Phi) is 5.49. The van der Waals surface area contributed by atoms with Crippen LogP contribution in [0, 0.1) is 5.92 Å². The molecule has 0 radical (unpaired) electrons. The molecular formula is C14H17N10O6P. The van der Waals surface area contributed by atoms with Gasteiger partial charge in [-0.3, -0.25) is 18.9 Å². The fraction of sp³-hybridized carbons (Fsp3) is 0.429. The molecule has 0 saturated carbocycles. The minimum absolute atomic E-state index is 0.0173. The number of H-pyrrole nitrogens is 1. The predicted octanol–water partition coefficient (Wildman–Crippen LogP) is -0.252. The second kappa shape index (κ2) is 8.11. The van der Waals surface area contributed by atoms with Crippen molar-refractivity contribution in [1.82, 2.24) is 28.8 Å². The molecule has 0 amide bonds. The Labute approximate surface area is 172 Å². The summed E-state index contributed by atoms with van der Waals surface area (Å²) in [5.41, 5.74) is 13.7. The highest BCUT2D eigenvalue weighted by Crippen LogP contribution is 2.45. The van der Waals surface area contributed by atoms with Crippen molar-refractivity contribution in [3.63, 3.8) is 0 Å². The molecule has 164 valence electrons. The molecule has 1 fully saturated rings. The normalized spacial score (nSPS) is 25.4. The largest absolute Gasteiger partial charge is 0.437 e. The van der Waals surface area contributed by atoms with Gasteiger partial charge < -0.3 is 20.5 Å². The van der Waals surface area contributed by atoms with Gasteiger partial charge >= 0.3 is 7.75 Å². The molecule has 1 aliphatic rings. The number of nitrogen functional groups attached to an aromatic ring is 1. The second-order valence-corrected chi connectivity index (χ2v) is 8.34. The van der Waals surface area contributed by atoms with Gasteiger partial charge in [-0.05, 0) is 5.53 Å². The third kappa shape index (κ3) is 3.90. The van der Waals surface area contributed by atoms with E-state index in [4.69, 9.17) is 20.5 Å². The highest BCUT2D eigenvalue weighted by Gasteiger charge is 2.45. The third-order valence-electron chi connectivity index (χ3n) is 4.79. The van der Waals surface area contributed by atoms with Crippen molar-refractivity contribution in [2.24, 2.45) is 11.0 Å². The van der Waals surface area contributed by atoms with Crippen LogP contribution in [-0.4, -0.2) is 64.2 Å². The summed E-state index contributed by atoms with van der Waals surface area (Å²) in [5.74, 6) is -0.945. The molecular weight excluding hydrogens is 435 g/mol. The van der Waals surface area contributed by atoms with Crippen LogP contribution in [0.1, 0.15) is 6.23 Å². The van der Waals surface area contributed by atoms with Crippen LogP contribution in [0.4, 0.5) is 5.95 Å². The number of azide groups is 1. The molecule has 4 heterocycles. The SMILES string of the molecule is [N-]=[N+]=NC[C@H]1[C@@H](O)[C@H](n2cnc3c(=O)[nH]c(N)nc32)O[C@@H]1COP(=O)(O)n1ccnc1. The maximum Gasteiger partial charge on any atom is 0.437 e. The molecule has 1 unspecified atom stereocenters. The van der Waals surface area contributed by atoms with Gasteiger partial charge in [-0.1, -0.05) is 5.11 Å². The number of nitrogens with one attached hydrogen (secondary N) is 1. The number of aliphatic hydroxyl groups is 1. The number of nitrogens with two attached hydrogens (primary N) is 1. The molecule has 0 bridgehead atoms. The fourth-order valence-electron chi connectivity index (χ4n) is 3.31. The Morgan fingerprint density at radius 3 is 3.00 bits per heavy atom. The number of imidazole rings is 2. The lowest BCUT2D eigenvalue weighted by Crippen LogP contribution is -2.31. The maximum atomic E-state index is 12.4. The molecule has 0 spiro atoms. The van der Waals surface area contributed by atoms with Crippen LogP contribution >= 0.6 is 7.75 Å². The first-order valence-electron chi connectivity index (χ1n) is 8.84. The first-order chi connectivity index (χ1) is 14.8. The van der Waals surface area contributed by atoms with Gasteiger partial charge in [0.05, 0.1) is 19.0 Å². The molecule has 17 heteroatoms. The molecule has 3 aromatic rings. The quantitative estimate of drug-likeness (QED) is 0.159. The number of hydrogen-bond donors (Lipinski definition) is 4. The number of aliphatic hydroxyl groups excluding tert-OH is 1. The van der Waals surface area contributed by atoms with E-state index in [1.165, 1.54) is 23.3 Å². The molecule has 1 aliphatic heterocycles. The van der Waals surface area contributed by atoms with E-state index in [1.807, 2.05) is 0 Å². The number of aromatic amines is 1. The van der Waals surface area contributed by atoms with Crippen LogP contribution in [0.5, 0.6) is 0 Å². The van der Waals surface area contributed by atoms with Crippen LogP contribution in [0.3, 0.4) is 0 Å². The van der Waals surface area contributed by atoms with Crippen molar-refractivity contribution in [2.45, 2.75) is 18.4 Å². The monoisotopic (exact) mass is 452 g/mol. The number of fused-ring (bicyclic) bond motifs is 1. The highest BCUT2D eigenvalue weighted by atomic mass is 31.2. The number of anilines is 1. The van der Waals surface area contributed by atoms with Gasteiger partial charge in [0.15, 0.2) is 17.4 Å². The standard InChI is InChI=1S/C14H17N10O6P/c15-14-20-11-9(12(26)21-14)18-6-24(11)13-10(25)7(3-19-22-16)8(30-13)4-29-31(27,28)23-2-1-17-5-23/h1-2,5-8,10,13,25H,3-4H2,(H,27,28)(H3,15,20,21,26)/t7-,8-,10-,13-/m1/s1. The van der Waals surface area contributed by atoms with Crippen molar-refractivity contribution < 1.29 is 23.8 Å². The average Bonchev–Trinajstić information content (AvgIpc) is 3.45. The first kappa shape index (κ1) is 21.0. The molecule has 3 aromatic heterocycles. The van der Waals surface area contributed by atoms with E-state index in [0.717, 1.165) is 10.7 Å². The lowest BCUT2D eigenvalue weighted by Gasteiger charge is -2.19. The molecule has 0 aromatic carbocycles. The molecule has 4 rings (SSSR count). The molecule has 5 atom stereocenters. The number of aromatic nitrogens is 6. The number of rotatable bonds is 7. The Balaban J connectivity index is 1.62. The third-order valence-corrected chi connectivity index (χ3v) is 6.10. The number of ether oxygens (including phenoxy) is 1. The molecule has 0 aliphatic carbocycles. The van der Waals surface area contributed by atoms with E-state index < -0.39 is 44.3 Å². The second-order valence-electron chi connectivity index (χ2n) is 6.64. The number of hydrogen-bond acceptors (Lipinski definition) is 10. The van der Waals surface area contributed by atoms with E-state index in [-0.39, 0.29) is 23.7 Å². The smallest absolute Gasteiger partial charge is 0.388 e. The maximum absolute atomic E-state index is 12.4. The van der Waals surface area contributed by atoms with Gasteiger partial charge in [-0.25, -0.2) is 18.9 Å². The van der Waals surface area contributed by atoms with Crippen molar-refractivity contribution >= 4 is 24.9 Å². The summed E-state index contributed by atoms with van der Waals surface area (Å²) in [6, 6.07) is 0. The van der Waals surface area contributed by atoms with Gasteiger partial charge in [0, 0.05) is 29.8 Å². The topological polar surface area (TPSA) is 232 Å². The predicted molar refractivity (Wildman–Crippen MR) is 103 cm³/mol. The van der Waals surface area contributed by atoms with Crippen LogP contribution in [0.25, 0.3) is 21.6 Å². The van der Waals surface area contributed by atoms with Crippen molar-refractivity contribution in [3.8, 4) is 0 Å². The lowest BCUT2D eigenvalue weighted by atomic mass is 9.98. The summed E-state index contributed by atoms with van der Waals surface area (Å²) < 4.78 is 25.6. The van der Waals surface area contributed by atoms with Gasteiger partial charge in [-0.2, -0.15) is 4.98 Å². The van der Waals surface area contributed by atoms with Crippen LogP contribution in [-0.2, 0) is 13.8 Å². The lowest BCUT2D eigenvalue weighted by molar-refractivity contribution is -0.0472. The van der Waals surface area contributed by atoms with E-state index in [1.54, 1.807) is 0 Å². The summed E-state index contributed by atoms with van der Waals surface area (Å²) in [5, 5.41) is 14.3. The van der Waals surface area contributed by atoms with Crippen molar-refractivity contribution in [3.05, 3.63) is 45.8 Å². The molecule has 31 heavy (non-hydrogen) atoms. The molecule has 16 nitrogen and oxygen atoms in total. The van der Waals surface area contributed by atoms with Crippen LogP contribution in [0.15, 0.2) is 35.0 Å².